The first-order valence-corrected chi connectivity index (χ1v) is 7.52. The Balaban J connectivity index is 2.07. The lowest BCUT2D eigenvalue weighted by atomic mass is 9.94. The molecule has 18 heavy (non-hydrogen) atoms. The Morgan fingerprint density at radius 1 is 1.39 bits per heavy atom. The highest BCUT2D eigenvalue weighted by molar-refractivity contribution is 7.99. The van der Waals surface area contributed by atoms with Crippen LogP contribution in [0.15, 0.2) is 24.3 Å². The zero-order valence-corrected chi connectivity index (χ0v) is 11.3. The van der Waals surface area contributed by atoms with Gasteiger partial charge in [-0.25, -0.2) is 0 Å². The molecule has 1 aliphatic rings. The molecule has 1 aromatic carbocycles. The summed E-state index contributed by atoms with van der Waals surface area (Å²) in [5.74, 6) is 0. The predicted octanol–water partition coefficient (Wildman–Crippen LogP) is 3.68. The molecule has 0 amide bonds. The standard InChI is InChI=1S/C13H18N2O2S/c1-18-11-6-4-5-10(9-11)14-12-7-2-3-8-13(12)15(16)17/h2-3,7-8,10-11,14H,4-6,9H2,1H3. The first-order valence-electron chi connectivity index (χ1n) is 6.23. The van der Waals surface area contributed by atoms with Gasteiger partial charge in [-0.2, -0.15) is 11.8 Å². The number of thioether (sulfide) groups is 1. The smallest absolute Gasteiger partial charge is 0.292 e. The second kappa shape index (κ2) is 6.09. The zero-order chi connectivity index (χ0) is 13.0. The van der Waals surface area contributed by atoms with Gasteiger partial charge in [-0.1, -0.05) is 18.6 Å². The summed E-state index contributed by atoms with van der Waals surface area (Å²) in [5.41, 5.74) is 0.818. The molecule has 1 fully saturated rings. The fourth-order valence-electron chi connectivity index (χ4n) is 2.46. The molecule has 4 nitrogen and oxygen atoms in total. The van der Waals surface area contributed by atoms with Crippen molar-refractivity contribution in [2.45, 2.75) is 37.0 Å². The summed E-state index contributed by atoms with van der Waals surface area (Å²) in [6.07, 6.45) is 6.79. The van der Waals surface area contributed by atoms with Gasteiger partial charge in [-0.3, -0.25) is 10.1 Å². The molecule has 0 radical (unpaired) electrons. The minimum absolute atomic E-state index is 0.170. The monoisotopic (exact) mass is 266 g/mol. The number of hydrogen-bond donors (Lipinski definition) is 1. The quantitative estimate of drug-likeness (QED) is 0.667. The van der Waals surface area contributed by atoms with E-state index in [2.05, 4.69) is 11.6 Å². The average Bonchev–Trinajstić information content (AvgIpc) is 2.39. The third-order valence-electron chi connectivity index (χ3n) is 3.42. The van der Waals surface area contributed by atoms with E-state index < -0.39 is 0 Å². The van der Waals surface area contributed by atoms with Crippen molar-refractivity contribution >= 4 is 23.1 Å². The van der Waals surface area contributed by atoms with Crippen molar-refractivity contribution in [3.63, 3.8) is 0 Å². The molecule has 98 valence electrons. The van der Waals surface area contributed by atoms with Gasteiger partial charge in [0.05, 0.1) is 4.92 Å². The molecule has 0 aliphatic heterocycles. The summed E-state index contributed by atoms with van der Waals surface area (Å²) in [7, 11) is 0. The van der Waals surface area contributed by atoms with E-state index in [0.717, 1.165) is 12.8 Å². The summed E-state index contributed by atoms with van der Waals surface area (Å²) >= 11 is 1.90. The maximum atomic E-state index is 10.9. The predicted molar refractivity (Wildman–Crippen MR) is 76.3 cm³/mol. The van der Waals surface area contributed by atoms with Crippen molar-refractivity contribution < 1.29 is 4.92 Å². The van der Waals surface area contributed by atoms with E-state index in [-0.39, 0.29) is 10.6 Å². The molecule has 0 bridgehead atoms. The minimum Gasteiger partial charge on any atom is -0.377 e. The van der Waals surface area contributed by atoms with Gasteiger partial charge in [-0.15, -0.1) is 0 Å². The Bertz CT molecular complexity index is 425. The highest BCUT2D eigenvalue weighted by atomic mass is 32.2. The lowest BCUT2D eigenvalue weighted by molar-refractivity contribution is -0.384. The van der Waals surface area contributed by atoms with Gasteiger partial charge in [0.1, 0.15) is 5.69 Å². The van der Waals surface area contributed by atoms with E-state index in [4.69, 9.17) is 0 Å². The second-order valence-corrected chi connectivity index (χ2v) is 5.78. The van der Waals surface area contributed by atoms with E-state index in [1.165, 1.54) is 12.8 Å². The molecule has 0 aromatic heterocycles. The van der Waals surface area contributed by atoms with Crippen LogP contribution in [0.1, 0.15) is 25.7 Å². The summed E-state index contributed by atoms with van der Waals surface area (Å²) in [6.45, 7) is 0. The zero-order valence-electron chi connectivity index (χ0n) is 10.5. The third-order valence-corrected chi connectivity index (χ3v) is 4.51. The van der Waals surface area contributed by atoms with Crippen LogP contribution in [0.25, 0.3) is 0 Å². The first kappa shape index (κ1) is 13.2. The lowest BCUT2D eigenvalue weighted by Crippen LogP contribution is -2.28. The molecule has 1 aromatic rings. The molecule has 0 saturated heterocycles. The van der Waals surface area contributed by atoms with Crippen molar-refractivity contribution in [2.24, 2.45) is 0 Å². The van der Waals surface area contributed by atoms with Gasteiger partial charge in [0.25, 0.3) is 5.69 Å². The lowest BCUT2D eigenvalue weighted by Gasteiger charge is -2.29. The number of benzene rings is 1. The molecular formula is C13H18N2O2S. The Hall–Kier alpha value is -1.23. The average molecular weight is 266 g/mol. The molecule has 0 spiro atoms. The van der Waals surface area contributed by atoms with E-state index in [0.29, 0.717) is 17.0 Å². The van der Waals surface area contributed by atoms with Crippen LogP contribution in [0.5, 0.6) is 0 Å². The second-order valence-electron chi connectivity index (χ2n) is 4.64. The Labute approximate surface area is 111 Å². The van der Waals surface area contributed by atoms with Gasteiger partial charge >= 0.3 is 0 Å². The Kier molecular flexibility index (Phi) is 4.47. The summed E-state index contributed by atoms with van der Waals surface area (Å²) < 4.78 is 0. The third kappa shape index (κ3) is 3.16. The van der Waals surface area contributed by atoms with Crippen LogP contribution in [0, 0.1) is 10.1 Å². The highest BCUT2D eigenvalue weighted by Crippen LogP contribution is 2.31. The van der Waals surface area contributed by atoms with Crippen molar-refractivity contribution in [1.29, 1.82) is 0 Å². The van der Waals surface area contributed by atoms with Crippen LogP contribution >= 0.6 is 11.8 Å². The highest BCUT2D eigenvalue weighted by Gasteiger charge is 2.23. The van der Waals surface area contributed by atoms with Gasteiger partial charge in [0, 0.05) is 17.4 Å². The number of hydrogen-bond acceptors (Lipinski definition) is 4. The Morgan fingerprint density at radius 3 is 2.89 bits per heavy atom. The molecule has 1 saturated carbocycles. The SMILES string of the molecule is CSC1CCCC(Nc2ccccc2[N+](=O)[O-])C1. The van der Waals surface area contributed by atoms with Crippen LogP contribution in [0.4, 0.5) is 11.4 Å². The molecule has 1 N–H and O–H groups in total. The fraction of sp³-hybridized carbons (Fsp3) is 0.538. The van der Waals surface area contributed by atoms with E-state index >= 15 is 0 Å². The van der Waals surface area contributed by atoms with E-state index in [9.17, 15) is 10.1 Å². The number of nitrogens with one attached hydrogen (secondary N) is 1. The van der Waals surface area contributed by atoms with Crippen molar-refractivity contribution in [2.75, 3.05) is 11.6 Å². The van der Waals surface area contributed by atoms with Crippen LogP contribution in [0.2, 0.25) is 0 Å². The van der Waals surface area contributed by atoms with Crippen LogP contribution in [-0.4, -0.2) is 22.5 Å². The Morgan fingerprint density at radius 2 is 2.17 bits per heavy atom. The minimum atomic E-state index is -0.322. The topological polar surface area (TPSA) is 55.2 Å². The van der Waals surface area contributed by atoms with Crippen molar-refractivity contribution in [3.05, 3.63) is 34.4 Å². The van der Waals surface area contributed by atoms with Crippen molar-refractivity contribution in [3.8, 4) is 0 Å². The van der Waals surface area contributed by atoms with Gasteiger partial charge in [-0.05, 0) is 31.6 Å². The van der Waals surface area contributed by atoms with Crippen LogP contribution in [0.3, 0.4) is 0 Å². The van der Waals surface area contributed by atoms with Crippen molar-refractivity contribution in [1.82, 2.24) is 0 Å². The molecule has 1 aliphatic carbocycles. The van der Waals surface area contributed by atoms with Crippen LogP contribution < -0.4 is 5.32 Å². The molecule has 5 heteroatoms. The summed E-state index contributed by atoms with van der Waals surface area (Å²) in [5, 5.41) is 15.0. The normalized spacial score (nSPS) is 23.6. The van der Waals surface area contributed by atoms with E-state index in [1.807, 2.05) is 17.8 Å². The molecule has 0 heterocycles. The molecule has 2 unspecified atom stereocenters. The number of anilines is 1. The van der Waals surface area contributed by atoms with Gasteiger partial charge < -0.3 is 5.32 Å². The number of rotatable bonds is 4. The fourth-order valence-corrected chi connectivity index (χ4v) is 3.29. The maximum absolute atomic E-state index is 10.9. The molecular weight excluding hydrogens is 248 g/mol. The summed E-state index contributed by atoms with van der Waals surface area (Å²) in [4.78, 5) is 10.6. The van der Waals surface area contributed by atoms with Gasteiger partial charge in [0.2, 0.25) is 0 Å². The maximum Gasteiger partial charge on any atom is 0.292 e. The van der Waals surface area contributed by atoms with Crippen LogP contribution in [-0.2, 0) is 0 Å². The number of nitro benzene ring substituents is 1. The summed E-state index contributed by atoms with van der Waals surface area (Å²) in [6, 6.07) is 7.24. The van der Waals surface area contributed by atoms with E-state index in [1.54, 1.807) is 18.2 Å². The largest absolute Gasteiger partial charge is 0.377 e. The number of para-hydroxylation sites is 2. The number of nitrogens with zero attached hydrogens (tertiary/aromatic N) is 1. The number of nitro groups is 1. The van der Waals surface area contributed by atoms with Gasteiger partial charge in [0.15, 0.2) is 0 Å². The molecule has 2 rings (SSSR count). The first-order chi connectivity index (χ1) is 8.70. The molecule has 2 atom stereocenters.